The lowest BCUT2D eigenvalue weighted by atomic mass is 10.1. The van der Waals surface area contributed by atoms with Gasteiger partial charge in [-0.2, -0.15) is 0 Å². The van der Waals surface area contributed by atoms with Gasteiger partial charge in [-0.15, -0.1) is 0 Å². The molecular weight excluding hydrogens is 334 g/mol. The van der Waals surface area contributed by atoms with Crippen LogP contribution in [0.25, 0.3) is 0 Å². The fraction of sp³-hybridized carbons (Fsp3) is 0.316. The van der Waals surface area contributed by atoms with Gasteiger partial charge in [0, 0.05) is 19.3 Å². The number of benzene rings is 2. The van der Waals surface area contributed by atoms with Gasteiger partial charge in [0.1, 0.15) is 0 Å². The Labute approximate surface area is 150 Å². The summed E-state index contributed by atoms with van der Waals surface area (Å²) in [7, 11) is -3.00. The highest BCUT2D eigenvalue weighted by Gasteiger charge is 2.04. The maximum atomic E-state index is 11.3. The number of hydrogen-bond acceptors (Lipinski definition) is 3. The van der Waals surface area contributed by atoms with Crippen LogP contribution in [-0.4, -0.2) is 27.2 Å². The zero-order chi connectivity index (χ0) is 18.1. The molecule has 0 spiro atoms. The van der Waals surface area contributed by atoms with Crippen LogP contribution in [0.15, 0.2) is 59.6 Å². The second-order valence-corrected chi connectivity index (χ2v) is 8.06. The van der Waals surface area contributed by atoms with Gasteiger partial charge in [0.05, 0.1) is 12.3 Å². The van der Waals surface area contributed by atoms with Gasteiger partial charge in [-0.3, -0.25) is 0 Å². The quantitative estimate of drug-likeness (QED) is 0.589. The lowest BCUT2D eigenvalue weighted by Gasteiger charge is -2.12. The number of nitrogens with zero attached hydrogens (tertiary/aromatic N) is 1. The van der Waals surface area contributed by atoms with Gasteiger partial charge < -0.3 is 10.6 Å². The summed E-state index contributed by atoms with van der Waals surface area (Å²) in [4.78, 5) is 4.58. The summed E-state index contributed by atoms with van der Waals surface area (Å²) < 4.78 is 22.7. The molecule has 6 heteroatoms. The van der Waals surface area contributed by atoms with E-state index in [-0.39, 0.29) is 5.75 Å². The summed E-state index contributed by atoms with van der Waals surface area (Å²) in [6.07, 6.45) is 1.24. The van der Waals surface area contributed by atoms with E-state index in [2.05, 4.69) is 15.6 Å². The van der Waals surface area contributed by atoms with Crippen LogP contribution in [0.5, 0.6) is 0 Å². The van der Waals surface area contributed by atoms with Gasteiger partial charge in [0.2, 0.25) is 0 Å². The van der Waals surface area contributed by atoms with Crippen molar-refractivity contribution in [3.05, 3.63) is 71.3 Å². The highest BCUT2D eigenvalue weighted by molar-refractivity contribution is 7.89. The maximum Gasteiger partial charge on any atom is 0.191 e. The minimum atomic E-state index is -3.00. The molecule has 0 aliphatic carbocycles. The van der Waals surface area contributed by atoms with E-state index in [4.69, 9.17) is 0 Å². The predicted molar refractivity (Wildman–Crippen MR) is 103 cm³/mol. The molecule has 0 atom stereocenters. The number of hydrogen-bond donors (Lipinski definition) is 2. The molecule has 134 valence electrons. The molecule has 5 nitrogen and oxygen atoms in total. The summed E-state index contributed by atoms with van der Waals surface area (Å²) in [6.45, 7) is 4.05. The molecule has 0 aliphatic heterocycles. The monoisotopic (exact) mass is 359 g/mol. The topological polar surface area (TPSA) is 70.6 Å². The van der Waals surface area contributed by atoms with Crippen molar-refractivity contribution in [2.24, 2.45) is 4.99 Å². The normalized spacial score (nSPS) is 12.0. The third-order valence-electron chi connectivity index (χ3n) is 3.52. The molecule has 0 unspecified atom stereocenters. The fourth-order valence-corrected chi connectivity index (χ4v) is 3.14. The number of rotatable bonds is 7. The Morgan fingerprint density at radius 1 is 0.920 bits per heavy atom. The van der Waals surface area contributed by atoms with Crippen LogP contribution in [0.4, 0.5) is 0 Å². The van der Waals surface area contributed by atoms with Crippen LogP contribution >= 0.6 is 0 Å². The molecule has 25 heavy (non-hydrogen) atoms. The average Bonchev–Trinajstić information content (AvgIpc) is 2.58. The predicted octanol–water partition coefficient (Wildman–Crippen LogP) is 2.49. The first-order valence-corrected chi connectivity index (χ1v) is 10.3. The molecule has 0 aliphatic rings. The van der Waals surface area contributed by atoms with Crippen molar-refractivity contribution in [2.45, 2.75) is 25.8 Å². The molecule has 0 radical (unpaired) electrons. The molecular formula is C19H25N3O2S. The Morgan fingerprint density at radius 3 is 2.16 bits per heavy atom. The van der Waals surface area contributed by atoms with Gasteiger partial charge in [0.15, 0.2) is 15.8 Å². The Hall–Kier alpha value is -2.34. The molecule has 0 saturated carbocycles. The zero-order valence-electron chi connectivity index (χ0n) is 14.7. The minimum absolute atomic E-state index is 0.0713. The van der Waals surface area contributed by atoms with E-state index in [0.717, 1.165) is 29.2 Å². The Kier molecular flexibility index (Phi) is 7.01. The van der Waals surface area contributed by atoms with Crippen LogP contribution in [0.1, 0.15) is 23.6 Å². The number of sulfone groups is 1. The zero-order valence-corrected chi connectivity index (χ0v) is 15.5. The third kappa shape index (κ3) is 7.39. The molecule has 2 rings (SSSR count). The standard InChI is InChI=1S/C19H25N3O2S/c1-3-20-19(21-13-16-7-5-4-6-8-16)22-14-17-9-11-18(12-10-17)15-25(2,23)24/h4-12H,3,13-15H2,1-2H3,(H2,20,21,22). The first-order chi connectivity index (χ1) is 12.0. The highest BCUT2D eigenvalue weighted by Crippen LogP contribution is 2.08. The number of nitrogens with one attached hydrogen (secondary N) is 2. The van der Waals surface area contributed by atoms with Gasteiger partial charge >= 0.3 is 0 Å². The largest absolute Gasteiger partial charge is 0.357 e. The second-order valence-electron chi connectivity index (χ2n) is 5.92. The Morgan fingerprint density at radius 2 is 1.56 bits per heavy atom. The third-order valence-corrected chi connectivity index (χ3v) is 4.38. The Balaban J connectivity index is 1.94. The molecule has 0 heterocycles. The van der Waals surface area contributed by atoms with E-state index in [1.54, 1.807) is 0 Å². The van der Waals surface area contributed by atoms with Gasteiger partial charge in [-0.1, -0.05) is 54.6 Å². The molecule has 2 aromatic rings. The van der Waals surface area contributed by atoms with Crippen molar-refractivity contribution in [3.63, 3.8) is 0 Å². The number of aliphatic imine (C=N–C) groups is 1. The summed E-state index contributed by atoms with van der Waals surface area (Å²) >= 11 is 0. The Bertz CT molecular complexity index is 785. The van der Waals surface area contributed by atoms with Crippen molar-refractivity contribution in [1.82, 2.24) is 10.6 Å². The first kappa shape index (κ1) is 19.0. The van der Waals surface area contributed by atoms with E-state index in [1.807, 2.05) is 61.5 Å². The van der Waals surface area contributed by atoms with Crippen molar-refractivity contribution in [3.8, 4) is 0 Å². The molecule has 0 bridgehead atoms. The first-order valence-electron chi connectivity index (χ1n) is 8.28. The fourth-order valence-electron chi connectivity index (χ4n) is 2.34. The summed E-state index contributed by atoms with van der Waals surface area (Å²) in [5, 5.41) is 6.52. The number of guanidine groups is 1. The summed E-state index contributed by atoms with van der Waals surface area (Å²) in [5.74, 6) is 0.827. The van der Waals surface area contributed by atoms with Crippen LogP contribution in [0, 0.1) is 0 Å². The van der Waals surface area contributed by atoms with Crippen molar-refractivity contribution in [2.75, 3.05) is 12.8 Å². The van der Waals surface area contributed by atoms with Gasteiger partial charge in [-0.05, 0) is 23.6 Å². The molecule has 0 amide bonds. The summed E-state index contributed by atoms with van der Waals surface area (Å²) in [6, 6.07) is 17.7. The van der Waals surface area contributed by atoms with Crippen molar-refractivity contribution in [1.29, 1.82) is 0 Å². The smallest absolute Gasteiger partial charge is 0.191 e. The van der Waals surface area contributed by atoms with E-state index in [0.29, 0.717) is 13.1 Å². The van der Waals surface area contributed by atoms with Crippen molar-refractivity contribution < 1.29 is 8.42 Å². The second kappa shape index (κ2) is 9.22. The highest BCUT2D eigenvalue weighted by atomic mass is 32.2. The summed E-state index contributed by atoms with van der Waals surface area (Å²) in [5.41, 5.74) is 3.03. The molecule has 0 aromatic heterocycles. The van der Waals surface area contributed by atoms with Gasteiger partial charge in [-0.25, -0.2) is 13.4 Å². The molecule has 0 saturated heterocycles. The average molecular weight is 359 g/mol. The SMILES string of the molecule is CCNC(=NCc1ccccc1)NCc1ccc(CS(C)(=O)=O)cc1. The van der Waals surface area contributed by atoms with Crippen LogP contribution in [0.2, 0.25) is 0 Å². The van der Waals surface area contributed by atoms with Gasteiger partial charge in [0.25, 0.3) is 0 Å². The van der Waals surface area contributed by atoms with Crippen LogP contribution < -0.4 is 10.6 Å². The van der Waals surface area contributed by atoms with E-state index in [9.17, 15) is 8.42 Å². The van der Waals surface area contributed by atoms with E-state index >= 15 is 0 Å². The molecule has 2 aromatic carbocycles. The van der Waals surface area contributed by atoms with E-state index < -0.39 is 9.84 Å². The molecule has 2 N–H and O–H groups in total. The van der Waals surface area contributed by atoms with Crippen LogP contribution in [-0.2, 0) is 28.7 Å². The van der Waals surface area contributed by atoms with Crippen molar-refractivity contribution >= 4 is 15.8 Å². The maximum absolute atomic E-state index is 11.3. The lowest BCUT2D eigenvalue weighted by molar-refractivity contribution is 0.601. The molecule has 0 fully saturated rings. The van der Waals surface area contributed by atoms with E-state index in [1.165, 1.54) is 6.26 Å². The van der Waals surface area contributed by atoms with Crippen LogP contribution in [0.3, 0.4) is 0 Å². The lowest BCUT2D eigenvalue weighted by Crippen LogP contribution is -2.36. The minimum Gasteiger partial charge on any atom is -0.357 e.